The minimum absolute atomic E-state index is 0.122. The second-order valence-electron chi connectivity index (χ2n) is 6.53. The Kier molecular flexibility index (Phi) is 6.73. The summed E-state index contributed by atoms with van der Waals surface area (Å²) in [4.78, 5) is 26.8. The van der Waals surface area contributed by atoms with Gasteiger partial charge in [0.2, 0.25) is 11.0 Å². The zero-order valence-corrected chi connectivity index (χ0v) is 17.5. The Bertz CT molecular complexity index is 819. The van der Waals surface area contributed by atoms with Gasteiger partial charge in [0.1, 0.15) is 0 Å². The molecular weight excluding hydrogens is 404 g/mol. The summed E-state index contributed by atoms with van der Waals surface area (Å²) in [5.41, 5.74) is 0.381. The van der Waals surface area contributed by atoms with Crippen molar-refractivity contribution >= 4 is 51.6 Å². The zero-order valence-electron chi connectivity index (χ0n) is 15.1. The standard InChI is InChI=1S/C18H21ClN4O2S2/c1-11-6-5-7-12(2)23(11)15(24)10-26-18-22-21-17(27-18)20-16(25)13-8-3-4-9-14(13)19/h3-4,8-9,11-12H,5-7,10H2,1-2H3,(H,20,21,25). The lowest BCUT2D eigenvalue weighted by atomic mass is 9.98. The minimum Gasteiger partial charge on any atom is -0.337 e. The van der Waals surface area contributed by atoms with Crippen LogP contribution in [0.15, 0.2) is 28.6 Å². The summed E-state index contributed by atoms with van der Waals surface area (Å²) in [5, 5.41) is 11.5. The van der Waals surface area contributed by atoms with Crippen LogP contribution in [0.5, 0.6) is 0 Å². The van der Waals surface area contributed by atoms with Gasteiger partial charge in [-0.2, -0.15) is 0 Å². The lowest BCUT2D eigenvalue weighted by molar-refractivity contribution is -0.134. The van der Waals surface area contributed by atoms with E-state index >= 15 is 0 Å². The number of nitrogens with zero attached hydrogens (tertiary/aromatic N) is 3. The van der Waals surface area contributed by atoms with Crippen molar-refractivity contribution in [1.82, 2.24) is 15.1 Å². The molecule has 1 aliphatic heterocycles. The topological polar surface area (TPSA) is 75.2 Å². The normalized spacial score (nSPS) is 19.7. The van der Waals surface area contributed by atoms with Crippen LogP contribution in [0.3, 0.4) is 0 Å². The second kappa shape index (κ2) is 9.03. The molecule has 2 amide bonds. The van der Waals surface area contributed by atoms with E-state index in [9.17, 15) is 9.59 Å². The number of hydrogen-bond donors (Lipinski definition) is 1. The molecule has 0 radical (unpaired) electrons. The Labute approximate surface area is 171 Å². The number of aromatic nitrogens is 2. The predicted octanol–water partition coefficient (Wildman–Crippen LogP) is 4.33. The highest BCUT2D eigenvalue weighted by Crippen LogP contribution is 2.28. The quantitative estimate of drug-likeness (QED) is 0.571. The lowest BCUT2D eigenvalue weighted by Gasteiger charge is -2.39. The van der Waals surface area contributed by atoms with Crippen LogP contribution in [0.2, 0.25) is 5.02 Å². The van der Waals surface area contributed by atoms with Crippen LogP contribution in [-0.2, 0) is 4.79 Å². The third-order valence-electron chi connectivity index (χ3n) is 4.55. The summed E-state index contributed by atoms with van der Waals surface area (Å²) in [5.74, 6) is 0.110. The molecule has 1 N–H and O–H groups in total. The van der Waals surface area contributed by atoms with Crippen LogP contribution in [0.4, 0.5) is 5.13 Å². The molecule has 2 unspecified atom stereocenters. The Morgan fingerprint density at radius 2 is 1.96 bits per heavy atom. The second-order valence-corrected chi connectivity index (χ2v) is 9.13. The molecule has 1 fully saturated rings. The van der Waals surface area contributed by atoms with Crippen molar-refractivity contribution in [2.45, 2.75) is 49.5 Å². The van der Waals surface area contributed by atoms with Crippen molar-refractivity contribution in [2.75, 3.05) is 11.1 Å². The first kappa shape index (κ1) is 20.1. The van der Waals surface area contributed by atoms with E-state index in [0.29, 0.717) is 25.8 Å². The number of likely N-dealkylation sites (tertiary alicyclic amines) is 1. The molecular formula is C18H21ClN4O2S2. The predicted molar refractivity (Wildman–Crippen MR) is 110 cm³/mol. The number of hydrogen-bond acceptors (Lipinski definition) is 6. The Balaban J connectivity index is 1.56. The van der Waals surface area contributed by atoms with Gasteiger partial charge in [-0.3, -0.25) is 14.9 Å². The van der Waals surface area contributed by atoms with Crippen LogP contribution >= 0.6 is 34.7 Å². The lowest BCUT2D eigenvalue weighted by Crippen LogP contribution is -2.48. The van der Waals surface area contributed by atoms with E-state index in [4.69, 9.17) is 11.6 Å². The molecule has 3 rings (SSSR count). The highest BCUT2D eigenvalue weighted by Gasteiger charge is 2.28. The van der Waals surface area contributed by atoms with Crippen LogP contribution < -0.4 is 5.32 Å². The van der Waals surface area contributed by atoms with E-state index in [-0.39, 0.29) is 23.9 Å². The number of halogens is 1. The SMILES string of the molecule is CC1CCCC(C)N1C(=O)CSc1nnc(NC(=O)c2ccccc2Cl)s1. The number of anilines is 1. The van der Waals surface area contributed by atoms with Gasteiger partial charge in [-0.25, -0.2) is 0 Å². The molecule has 6 nitrogen and oxygen atoms in total. The van der Waals surface area contributed by atoms with Gasteiger partial charge in [0.15, 0.2) is 4.34 Å². The fourth-order valence-corrected chi connectivity index (χ4v) is 5.08. The summed E-state index contributed by atoms with van der Waals surface area (Å²) in [6.07, 6.45) is 3.28. The molecule has 0 bridgehead atoms. The van der Waals surface area contributed by atoms with Crippen molar-refractivity contribution in [2.24, 2.45) is 0 Å². The summed E-state index contributed by atoms with van der Waals surface area (Å²) in [6, 6.07) is 7.37. The van der Waals surface area contributed by atoms with E-state index in [1.165, 1.54) is 29.5 Å². The molecule has 1 aromatic heterocycles. The van der Waals surface area contributed by atoms with Crippen LogP contribution in [-0.4, -0.2) is 44.7 Å². The van der Waals surface area contributed by atoms with E-state index in [1.807, 2.05) is 4.90 Å². The largest absolute Gasteiger partial charge is 0.337 e. The average molecular weight is 425 g/mol. The number of benzene rings is 1. The van der Waals surface area contributed by atoms with E-state index < -0.39 is 0 Å². The van der Waals surface area contributed by atoms with Gasteiger partial charge in [0, 0.05) is 12.1 Å². The monoisotopic (exact) mass is 424 g/mol. The fraction of sp³-hybridized carbons (Fsp3) is 0.444. The Hall–Kier alpha value is -1.64. The van der Waals surface area contributed by atoms with Crippen LogP contribution in [0.1, 0.15) is 43.5 Å². The number of piperidine rings is 1. The highest BCUT2D eigenvalue weighted by atomic mass is 35.5. The molecule has 0 saturated carbocycles. The van der Waals surface area contributed by atoms with Gasteiger partial charge < -0.3 is 4.90 Å². The summed E-state index contributed by atoms with van der Waals surface area (Å²) < 4.78 is 0.648. The van der Waals surface area contributed by atoms with Crippen molar-refractivity contribution < 1.29 is 9.59 Å². The minimum atomic E-state index is -0.333. The van der Waals surface area contributed by atoms with E-state index in [1.54, 1.807) is 24.3 Å². The van der Waals surface area contributed by atoms with Gasteiger partial charge in [-0.1, -0.05) is 46.8 Å². The molecule has 9 heteroatoms. The number of rotatable bonds is 5. The zero-order chi connectivity index (χ0) is 19.4. The van der Waals surface area contributed by atoms with Crippen molar-refractivity contribution in [3.05, 3.63) is 34.9 Å². The molecule has 144 valence electrons. The molecule has 0 aliphatic carbocycles. The molecule has 27 heavy (non-hydrogen) atoms. The molecule has 1 saturated heterocycles. The fourth-order valence-electron chi connectivity index (χ4n) is 3.24. The van der Waals surface area contributed by atoms with Crippen molar-refractivity contribution in [1.29, 1.82) is 0 Å². The van der Waals surface area contributed by atoms with Gasteiger partial charge >= 0.3 is 0 Å². The number of nitrogens with one attached hydrogen (secondary N) is 1. The maximum Gasteiger partial charge on any atom is 0.259 e. The van der Waals surface area contributed by atoms with Gasteiger partial charge in [-0.15, -0.1) is 10.2 Å². The van der Waals surface area contributed by atoms with E-state index in [0.717, 1.165) is 12.8 Å². The smallest absolute Gasteiger partial charge is 0.259 e. The van der Waals surface area contributed by atoms with Crippen molar-refractivity contribution in [3.8, 4) is 0 Å². The Morgan fingerprint density at radius 3 is 2.67 bits per heavy atom. The highest BCUT2D eigenvalue weighted by molar-refractivity contribution is 8.01. The third-order valence-corrected chi connectivity index (χ3v) is 6.83. The number of thioether (sulfide) groups is 1. The van der Waals surface area contributed by atoms with Gasteiger partial charge in [0.25, 0.3) is 5.91 Å². The molecule has 2 atom stereocenters. The van der Waals surface area contributed by atoms with E-state index in [2.05, 4.69) is 29.4 Å². The molecule has 0 spiro atoms. The maximum atomic E-state index is 12.6. The summed E-state index contributed by atoms with van der Waals surface area (Å²) in [6.45, 7) is 4.21. The van der Waals surface area contributed by atoms with Crippen molar-refractivity contribution in [3.63, 3.8) is 0 Å². The average Bonchev–Trinajstić information content (AvgIpc) is 3.07. The van der Waals surface area contributed by atoms with Crippen LogP contribution in [0.25, 0.3) is 0 Å². The Morgan fingerprint density at radius 1 is 1.26 bits per heavy atom. The number of amides is 2. The molecule has 2 aromatic rings. The molecule has 1 aliphatic rings. The van der Waals surface area contributed by atoms with Gasteiger partial charge in [-0.05, 0) is 45.2 Å². The third kappa shape index (κ3) is 5.00. The number of carbonyl (C=O) groups is 2. The summed E-state index contributed by atoms with van der Waals surface area (Å²) in [7, 11) is 0. The molecule has 1 aromatic carbocycles. The first-order valence-corrected chi connectivity index (χ1v) is 11.0. The maximum absolute atomic E-state index is 12.6. The first-order valence-electron chi connectivity index (χ1n) is 8.79. The van der Waals surface area contributed by atoms with Gasteiger partial charge in [0.05, 0.1) is 16.3 Å². The van der Waals surface area contributed by atoms with Crippen LogP contribution in [0, 0.1) is 0 Å². The number of carbonyl (C=O) groups excluding carboxylic acids is 2. The summed E-state index contributed by atoms with van der Waals surface area (Å²) >= 11 is 8.63. The first-order chi connectivity index (χ1) is 13.0. The molecule has 2 heterocycles.